The Morgan fingerprint density at radius 1 is 0.911 bits per heavy atom. The molecular formula is C42H46N8O6. The summed E-state index contributed by atoms with van der Waals surface area (Å²) in [6.45, 7) is 4.31. The number of pyridine rings is 1. The predicted octanol–water partition coefficient (Wildman–Crippen LogP) is 6.06. The van der Waals surface area contributed by atoms with Crippen LogP contribution >= 0.6 is 0 Å². The van der Waals surface area contributed by atoms with Gasteiger partial charge < -0.3 is 15.0 Å². The summed E-state index contributed by atoms with van der Waals surface area (Å²) in [6, 6.07) is 13.9. The number of aromatic nitrogens is 4. The number of imide groups is 2. The molecular weight excluding hydrogens is 713 g/mol. The molecule has 14 heteroatoms. The van der Waals surface area contributed by atoms with E-state index in [1.165, 1.54) is 12.1 Å². The van der Waals surface area contributed by atoms with Crippen LogP contribution in [0.25, 0.3) is 21.8 Å². The smallest absolute Gasteiger partial charge is 0.262 e. The minimum atomic E-state index is -0.994. The van der Waals surface area contributed by atoms with Crippen molar-refractivity contribution in [2.45, 2.75) is 89.8 Å². The number of aromatic amines is 1. The second kappa shape index (κ2) is 15.7. The molecule has 2 atom stereocenters. The van der Waals surface area contributed by atoms with Crippen LogP contribution in [0.2, 0.25) is 0 Å². The minimum Gasteiger partial charge on any atom is -0.494 e. The number of hydrogen-bond donors (Lipinski definition) is 3. The number of piperidine rings is 1. The van der Waals surface area contributed by atoms with Gasteiger partial charge in [0.2, 0.25) is 11.8 Å². The summed E-state index contributed by atoms with van der Waals surface area (Å²) >= 11 is 0. The number of anilines is 1. The van der Waals surface area contributed by atoms with Crippen molar-refractivity contribution in [3.8, 4) is 5.75 Å². The van der Waals surface area contributed by atoms with Gasteiger partial charge in [-0.15, -0.1) is 0 Å². The Hall–Kier alpha value is -5.89. The highest BCUT2D eigenvalue weighted by atomic mass is 16.5. The SMILES string of the molecule is Cc1nn(CCCCCCCCOc2ccc3c(c2)C(=O)N(C2CCC(=O)NC2=O)C3=O)c2cc(C(=O)Nc3cc4[nH]c([C@H]5CCCN5C)cc4cn3)ccc12. The van der Waals surface area contributed by atoms with E-state index in [4.69, 9.17) is 9.84 Å². The largest absolute Gasteiger partial charge is 0.494 e. The Morgan fingerprint density at radius 3 is 2.52 bits per heavy atom. The summed E-state index contributed by atoms with van der Waals surface area (Å²) in [5.74, 6) is -1.33. The first-order valence-electron chi connectivity index (χ1n) is 19.6. The number of nitrogens with zero attached hydrogens (tertiary/aromatic N) is 5. The van der Waals surface area contributed by atoms with Crippen molar-refractivity contribution in [1.29, 1.82) is 0 Å². The molecule has 14 nitrogen and oxygen atoms in total. The molecule has 2 fully saturated rings. The highest BCUT2D eigenvalue weighted by Crippen LogP contribution is 2.33. The number of hydrogen-bond acceptors (Lipinski definition) is 9. The number of ether oxygens (including phenoxy) is 1. The first-order valence-corrected chi connectivity index (χ1v) is 19.6. The van der Waals surface area contributed by atoms with Gasteiger partial charge in [0, 0.05) is 53.3 Å². The highest BCUT2D eigenvalue weighted by molar-refractivity contribution is 6.23. The van der Waals surface area contributed by atoms with Crippen molar-refractivity contribution < 1.29 is 28.7 Å². The molecule has 0 spiro atoms. The number of likely N-dealkylation sites (tertiary alicyclic amines) is 1. The zero-order valence-corrected chi connectivity index (χ0v) is 31.7. The molecule has 3 aliphatic rings. The van der Waals surface area contributed by atoms with Crippen LogP contribution in [0.4, 0.5) is 5.82 Å². The maximum Gasteiger partial charge on any atom is 0.262 e. The van der Waals surface area contributed by atoms with Gasteiger partial charge in [0.1, 0.15) is 17.6 Å². The lowest BCUT2D eigenvalue weighted by Gasteiger charge is -2.27. The fourth-order valence-corrected chi connectivity index (χ4v) is 8.24. The molecule has 0 saturated carbocycles. The molecule has 6 heterocycles. The lowest BCUT2D eigenvalue weighted by atomic mass is 10.0. The number of aryl methyl sites for hydroxylation is 2. The van der Waals surface area contributed by atoms with E-state index in [1.807, 2.05) is 42.1 Å². The van der Waals surface area contributed by atoms with Crippen LogP contribution in [0, 0.1) is 6.92 Å². The molecule has 1 unspecified atom stereocenters. The van der Waals surface area contributed by atoms with Gasteiger partial charge in [-0.1, -0.05) is 31.7 Å². The summed E-state index contributed by atoms with van der Waals surface area (Å²) in [5.41, 5.74) is 5.00. The normalized spacial score (nSPS) is 18.6. The first kappa shape index (κ1) is 37.1. The molecule has 5 aromatic rings. The van der Waals surface area contributed by atoms with Gasteiger partial charge in [-0.3, -0.25) is 43.8 Å². The van der Waals surface area contributed by atoms with Crippen LogP contribution in [-0.4, -0.2) is 85.3 Å². The number of benzene rings is 2. The van der Waals surface area contributed by atoms with Crippen LogP contribution < -0.4 is 15.4 Å². The lowest BCUT2D eigenvalue weighted by molar-refractivity contribution is -0.136. The first-order chi connectivity index (χ1) is 27.1. The number of carbonyl (C=O) groups is 5. The fraction of sp³-hybridized carbons (Fsp3) is 0.405. The molecule has 3 aliphatic heterocycles. The van der Waals surface area contributed by atoms with Crippen molar-refractivity contribution in [1.82, 2.24) is 34.9 Å². The van der Waals surface area contributed by atoms with Crippen LogP contribution in [0.5, 0.6) is 5.75 Å². The van der Waals surface area contributed by atoms with E-state index < -0.39 is 29.7 Å². The Kier molecular flexibility index (Phi) is 10.4. The van der Waals surface area contributed by atoms with Crippen molar-refractivity contribution in [3.05, 3.63) is 82.8 Å². The van der Waals surface area contributed by atoms with E-state index >= 15 is 0 Å². The Labute approximate surface area is 323 Å². The Bertz CT molecular complexity index is 2360. The fourth-order valence-electron chi connectivity index (χ4n) is 8.24. The molecule has 0 bridgehead atoms. The zero-order chi connectivity index (χ0) is 38.9. The number of unbranched alkanes of at least 4 members (excludes halogenated alkanes) is 5. The number of H-pyrrole nitrogens is 1. The van der Waals surface area contributed by atoms with Gasteiger partial charge in [0.25, 0.3) is 17.7 Å². The van der Waals surface area contributed by atoms with Gasteiger partial charge in [0.05, 0.1) is 34.5 Å². The molecule has 5 amide bonds. The standard InChI is InChI=1S/C42H46N8O6/c1-25-29-13-11-26(39(52)45-37-23-32-27(24-43-37)20-33(44-32)34-10-9-17-48(34)2)21-36(29)49(47-25)18-7-5-3-4-6-8-19-56-28-12-14-30-31(22-28)42(55)50(41(30)54)35-15-16-38(51)46-40(35)53/h11-14,20-24,34-35,44H,3-10,15-19H2,1-2H3,(H,43,45,52)(H,46,51,53)/t34-,35?/m1/s1. The molecule has 0 radical (unpaired) electrons. The molecule has 2 saturated heterocycles. The van der Waals surface area contributed by atoms with Gasteiger partial charge in [-0.25, -0.2) is 4.98 Å². The quantitative estimate of drug-likeness (QED) is 0.0900. The predicted molar refractivity (Wildman–Crippen MR) is 209 cm³/mol. The van der Waals surface area contributed by atoms with E-state index in [9.17, 15) is 24.0 Å². The topological polar surface area (TPSA) is 172 Å². The van der Waals surface area contributed by atoms with Crippen molar-refractivity contribution in [3.63, 3.8) is 0 Å². The minimum absolute atomic E-state index is 0.0769. The van der Waals surface area contributed by atoms with Gasteiger partial charge in [0.15, 0.2) is 0 Å². The van der Waals surface area contributed by atoms with Crippen molar-refractivity contribution >= 4 is 57.2 Å². The van der Waals surface area contributed by atoms with Crippen LogP contribution in [0.3, 0.4) is 0 Å². The zero-order valence-electron chi connectivity index (χ0n) is 31.7. The van der Waals surface area contributed by atoms with E-state index in [1.54, 1.807) is 18.2 Å². The van der Waals surface area contributed by atoms with Gasteiger partial charge in [-0.2, -0.15) is 5.10 Å². The van der Waals surface area contributed by atoms with E-state index in [0.717, 1.165) is 90.4 Å². The molecule has 56 heavy (non-hydrogen) atoms. The molecule has 8 rings (SSSR count). The summed E-state index contributed by atoms with van der Waals surface area (Å²) in [6.07, 6.45) is 10.3. The second-order valence-corrected chi connectivity index (χ2v) is 15.1. The molecule has 290 valence electrons. The highest BCUT2D eigenvalue weighted by Gasteiger charge is 2.44. The van der Waals surface area contributed by atoms with Gasteiger partial charge >= 0.3 is 0 Å². The number of fused-ring (bicyclic) bond motifs is 3. The molecule has 3 aromatic heterocycles. The van der Waals surface area contributed by atoms with Crippen molar-refractivity contribution in [2.24, 2.45) is 0 Å². The average molecular weight is 759 g/mol. The maximum atomic E-state index is 13.4. The second-order valence-electron chi connectivity index (χ2n) is 15.1. The molecule has 2 aromatic carbocycles. The van der Waals surface area contributed by atoms with E-state index in [0.29, 0.717) is 29.8 Å². The third-order valence-corrected chi connectivity index (χ3v) is 11.3. The van der Waals surface area contributed by atoms with E-state index in [2.05, 4.69) is 38.6 Å². The Balaban J connectivity index is 0.778. The summed E-state index contributed by atoms with van der Waals surface area (Å²) in [5, 5.41) is 12.0. The third-order valence-electron chi connectivity index (χ3n) is 11.3. The monoisotopic (exact) mass is 758 g/mol. The van der Waals surface area contributed by atoms with E-state index in [-0.39, 0.29) is 29.9 Å². The van der Waals surface area contributed by atoms with Crippen LogP contribution in [-0.2, 0) is 16.1 Å². The third kappa shape index (κ3) is 7.40. The number of amides is 5. The van der Waals surface area contributed by atoms with Gasteiger partial charge in [-0.05, 0) is 89.0 Å². The summed E-state index contributed by atoms with van der Waals surface area (Å²) in [7, 11) is 2.15. The number of rotatable bonds is 14. The Morgan fingerprint density at radius 2 is 1.71 bits per heavy atom. The maximum absolute atomic E-state index is 13.4. The lowest BCUT2D eigenvalue weighted by Crippen LogP contribution is -2.54. The average Bonchev–Trinajstić information content (AvgIpc) is 3.94. The number of nitrogens with one attached hydrogen (secondary N) is 3. The molecule has 0 aliphatic carbocycles. The van der Waals surface area contributed by atoms with Crippen molar-refractivity contribution in [2.75, 3.05) is 25.5 Å². The van der Waals surface area contributed by atoms with Crippen LogP contribution in [0.1, 0.15) is 113 Å². The molecule has 3 N–H and O–H groups in total. The number of carbonyl (C=O) groups excluding carboxylic acids is 5. The van der Waals surface area contributed by atoms with Crippen LogP contribution in [0.15, 0.2) is 54.7 Å². The summed E-state index contributed by atoms with van der Waals surface area (Å²) < 4.78 is 7.90. The summed E-state index contributed by atoms with van der Waals surface area (Å²) in [4.78, 5) is 74.6.